The third-order valence-corrected chi connectivity index (χ3v) is 5.47. The number of hydrogen-bond acceptors (Lipinski definition) is 4. The molecule has 5 heteroatoms. The Bertz CT molecular complexity index is 755. The summed E-state index contributed by atoms with van der Waals surface area (Å²) in [5.41, 5.74) is 0.737. The van der Waals surface area contributed by atoms with Gasteiger partial charge in [0.25, 0.3) is 0 Å². The Hall–Kier alpha value is -2.30. The largest absolute Gasteiger partial charge is 0.462 e. The van der Waals surface area contributed by atoms with E-state index < -0.39 is 5.60 Å². The summed E-state index contributed by atoms with van der Waals surface area (Å²) >= 11 is 0. The minimum atomic E-state index is -0.472. The second-order valence-electron chi connectivity index (χ2n) is 9.09. The van der Waals surface area contributed by atoms with E-state index in [1.54, 1.807) is 11.0 Å². The number of nitrogens with zero attached hydrogens (tertiary/aromatic N) is 1. The molecule has 0 aromatic heterocycles. The molecule has 1 aromatic rings. The smallest absolute Gasteiger partial charge is 0.410 e. The van der Waals surface area contributed by atoms with Crippen molar-refractivity contribution in [2.45, 2.75) is 78.7 Å². The van der Waals surface area contributed by atoms with Crippen LogP contribution in [0.15, 0.2) is 36.1 Å². The van der Waals surface area contributed by atoms with Crippen molar-refractivity contribution in [3.8, 4) is 5.75 Å². The van der Waals surface area contributed by atoms with Crippen LogP contribution in [0.4, 0.5) is 4.79 Å². The molecule has 1 heterocycles. The number of ether oxygens (including phenoxy) is 2. The van der Waals surface area contributed by atoms with E-state index in [9.17, 15) is 9.59 Å². The molecule has 0 aliphatic carbocycles. The average Bonchev–Trinajstić information content (AvgIpc) is 2.71. The summed E-state index contributed by atoms with van der Waals surface area (Å²) in [7, 11) is 0. The van der Waals surface area contributed by atoms with E-state index in [-0.39, 0.29) is 17.8 Å². The first-order valence-corrected chi connectivity index (χ1v) is 11.1. The third kappa shape index (κ3) is 7.19. The van der Waals surface area contributed by atoms with Crippen LogP contribution in [0.1, 0.15) is 78.7 Å². The average molecular weight is 416 g/mol. The number of hydrogen-bond donors (Lipinski definition) is 0. The van der Waals surface area contributed by atoms with Crippen LogP contribution in [0.2, 0.25) is 0 Å². The van der Waals surface area contributed by atoms with Gasteiger partial charge in [-0.1, -0.05) is 32.9 Å². The summed E-state index contributed by atoms with van der Waals surface area (Å²) in [6.45, 7) is 13.0. The number of allylic oxidation sites excluding steroid dienone is 2. The lowest BCUT2D eigenvalue weighted by Crippen LogP contribution is -2.41. The summed E-state index contributed by atoms with van der Waals surface area (Å²) in [5.74, 6) is 1.95. The van der Waals surface area contributed by atoms with Crippen molar-refractivity contribution < 1.29 is 19.1 Å². The highest BCUT2D eigenvalue weighted by Crippen LogP contribution is 2.31. The van der Waals surface area contributed by atoms with Gasteiger partial charge < -0.3 is 14.4 Å². The predicted molar refractivity (Wildman–Crippen MR) is 120 cm³/mol. The monoisotopic (exact) mass is 415 g/mol. The molecule has 0 N–H and O–H groups in total. The molecule has 166 valence electrons. The maximum absolute atomic E-state index is 12.3. The summed E-state index contributed by atoms with van der Waals surface area (Å²) in [6.07, 6.45) is 4.68. The van der Waals surface area contributed by atoms with Crippen molar-refractivity contribution in [1.82, 2.24) is 4.90 Å². The molecule has 1 unspecified atom stereocenters. The molecule has 30 heavy (non-hydrogen) atoms. The van der Waals surface area contributed by atoms with E-state index in [1.807, 2.05) is 53.7 Å². The van der Waals surface area contributed by atoms with Gasteiger partial charge in [0.1, 0.15) is 17.1 Å². The molecule has 2 rings (SSSR count). The van der Waals surface area contributed by atoms with E-state index in [1.165, 1.54) is 5.56 Å². The van der Waals surface area contributed by atoms with Crippen molar-refractivity contribution in [3.63, 3.8) is 0 Å². The van der Waals surface area contributed by atoms with Gasteiger partial charge in [0.15, 0.2) is 5.78 Å². The van der Waals surface area contributed by atoms with Gasteiger partial charge in [-0.3, -0.25) is 4.79 Å². The van der Waals surface area contributed by atoms with Crippen LogP contribution in [0, 0.1) is 5.92 Å². The molecule has 0 radical (unpaired) electrons. The molecule has 1 amide bonds. The number of piperidine rings is 1. The summed E-state index contributed by atoms with van der Waals surface area (Å²) in [4.78, 5) is 26.3. The number of carbonyl (C=O) groups excluding carboxylic acids is 2. The fourth-order valence-corrected chi connectivity index (χ4v) is 3.41. The van der Waals surface area contributed by atoms with E-state index >= 15 is 0 Å². The summed E-state index contributed by atoms with van der Waals surface area (Å²) in [6, 6.07) is 8.09. The Labute approximate surface area is 181 Å². The Morgan fingerprint density at radius 3 is 2.43 bits per heavy atom. The van der Waals surface area contributed by atoms with Gasteiger partial charge in [-0.25, -0.2) is 4.79 Å². The maximum atomic E-state index is 12.3. The number of ketones is 1. The summed E-state index contributed by atoms with van der Waals surface area (Å²) in [5, 5.41) is 0. The highest BCUT2D eigenvalue weighted by Gasteiger charge is 2.27. The Balaban J connectivity index is 2.00. The Kier molecular flexibility index (Phi) is 8.51. The topological polar surface area (TPSA) is 55.8 Å². The molecule has 1 aliphatic heterocycles. The molecule has 1 atom stereocenters. The highest BCUT2D eigenvalue weighted by molar-refractivity contribution is 5.91. The fourth-order valence-electron chi connectivity index (χ4n) is 3.41. The number of benzene rings is 1. The zero-order chi connectivity index (χ0) is 22.3. The van der Waals surface area contributed by atoms with E-state index in [0.29, 0.717) is 31.2 Å². The van der Waals surface area contributed by atoms with E-state index in [0.717, 1.165) is 25.0 Å². The van der Waals surface area contributed by atoms with Crippen molar-refractivity contribution in [3.05, 3.63) is 41.7 Å². The van der Waals surface area contributed by atoms with Gasteiger partial charge in [-0.2, -0.15) is 0 Å². The SMILES string of the molecule is CC/C(=C\C(=O)C(C)CC)Oc1cccc(C2CCN(C(=O)OC(C)(C)C)CC2)c1. The minimum Gasteiger partial charge on any atom is -0.462 e. The Morgan fingerprint density at radius 1 is 1.20 bits per heavy atom. The van der Waals surface area contributed by atoms with Crippen LogP contribution in [0.3, 0.4) is 0 Å². The second-order valence-corrected chi connectivity index (χ2v) is 9.09. The zero-order valence-corrected chi connectivity index (χ0v) is 19.4. The van der Waals surface area contributed by atoms with Gasteiger partial charge in [-0.05, 0) is 63.6 Å². The lowest BCUT2D eigenvalue weighted by atomic mass is 9.89. The molecule has 1 aliphatic rings. The van der Waals surface area contributed by atoms with Crippen LogP contribution in [0.25, 0.3) is 0 Å². The molecule has 1 saturated heterocycles. The molecule has 0 spiro atoms. The molecule has 1 aromatic carbocycles. The molecule has 5 nitrogen and oxygen atoms in total. The van der Waals surface area contributed by atoms with Crippen LogP contribution < -0.4 is 4.74 Å². The van der Waals surface area contributed by atoms with E-state index in [2.05, 4.69) is 12.1 Å². The van der Waals surface area contributed by atoms with Crippen LogP contribution in [-0.4, -0.2) is 35.5 Å². The van der Waals surface area contributed by atoms with Crippen molar-refractivity contribution in [1.29, 1.82) is 0 Å². The van der Waals surface area contributed by atoms with Gasteiger partial charge in [0.2, 0.25) is 0 Å². The fraction of sp³-hybridized carbons (Fsp3) is 0.600. The quantitative estimate of drug-likeness (QED) is 0.399. The molecule has 0 saturated carbocycles. The van der Waals surface area contributed by atoms with Gasteiger partial charge in [0, 0.05) is 31.5 Å². The highest BCUT2D eigenvalue weighted by atomic mass is 16.6. The zero-order valence-electron chi connectivity index (χ0n) is 19.4. The normalized spacial score (nSPS) is 16.9. The van der Waals surface area contributed by atoms with E-state index in [4.69, 9.17) is 9.47 Å². The lowest BCUT2D eigenvalue weighted by molar-refractivity contribution is -0.117. The second kappa shape index (κ2) is 10.6. The van der Waals surface area contributed by atoms with Gasteiger partial charge in [-0.15, -0.1) is 0 Å². The van der Waals surface area contributed by atoms with Crippen LogP contribution >= 0.6 is 0 Å². The predicted octanol–water partition coefficient (Wildman–Crippen LogP) is 6.09. The van der Waals surface area contributed by atoms with Gasteiger partial charge in [0.05, 0.1) is 0 Å². The van der Waals surface area contributed by atoms with Crippen molar-refractivity contribution >= 4 is 11.9 Å². The maximum Gasteiger partial charge on any atom is 0.410 e. The Morgan fingerprint density at radius 2 is 1.87 bits per heavy atom. The number of rotatable bonds is 7. The summed E-state index contributed by atoms with van der Waals surface area (Å²) < 4.78 is 11.5. The van der Waals surface area contributed by atoms with Crippen molar-refractivity contribution in [2.24, 2.45) is 5.92 Å². The first kappa shape index (κ1) is 24.0. The molecular weight excluding hydrogens is 378 g/mol. The molecule has 0 bridgehead atoms. The first-order chi connectivity index (χ1) is 14.1. The number of amides is 1. The van der Waals surface area contributed by atoms with Crippen LogP contribution in [0.5, 0.6) is 5.75 Å². The minimum absolute atomic E-state index is 0.0108. The lowest BCUT2D eigenvalue weighted by Gasteiger charge is -2.33. The molecule has 1 fully saturated rings. The first-order valence-electron chi connectivity index (χ1n) is 11.1. The van der Waals surface area contributed by atoms with Gasteiger partial charge >= 0.3 is 6.09 Å². The van der Waals surface area contributed by atoms with Crippen molar-refractivity contribution in [2.75, 3.05) is 13.1 Å². The number of carbonyl (C=O) groups is 2. The third-order valence-electron chi connectivity index (χ3n) is 5.47. The number of likely N-dealkylation sites (tertiary alicyclic amines) is 1. The van der Waals surface area contributed by atoms with Crippen LogP contribution in [-0.2, 0) is 9.53 Å². The molecular formula is C25H37NO4. The standard InChI is InChI=1S/C25H37NO4/c1-7-18(3)23(27)17-21(8-2)29-22-11-9-10-20(16-22)19-12-14-26(15-13-19)24(28)30-25(4,5)6/h9-11,16-19H,7-8,12-15H2,1-6H3/b21-17+.